The van der Waals surface area contributed by atoms with Crippen molar-refractivity contribution in [3.63, 3.8) is 0 Å². The molecule has 1 saturated carbocycles. The van der Waals surface area contributed by atoms with Gasteiger partial charge >= 0.3 is 5.97 Å². The molecule has 3 nitrogen and oxygen atoms in total. The van der Waals surface area contributed by atoms with E-state index in [1.165, 1.54) is 5.56 Å². The second-order valence-corrected chi connectivity index (χ2v) is 8.40. The standard InChI is InChI=1S/C25H30O3/c1-18(2)27-24(26)16-15-23-22(25(23,3)4)14-13-19-9-8-12-21(17-19)28-20-10-6-5-7-11-20/h5-12,15-18,22-23H,13-14H2,1-4H3/b16-15-/t22-,23-/m1/s1. The van der Waals surface area contributed by atoms with Crippen LogP contribution in [-0.2, 0) is 16.0 Å². The smallest absolute Gasteiger partial charge is 0.330 e. The van der Waals surface area contributed by atoms with Crippen LogP contribution in [0.3, 0.4) is 0 Å². The minimum Gasteiger partial charge on any atom is -0.460 e. The fraction of sp³-hybridized carbons (Fsp3) is 0.400. The highest BCUT2D eigenvalue weighted by Gasteiger charge is 2.55. The maximum atomic E-state index is 11.7. The number of benzene rings is 2. The third kappa shape index (κ3) is 5.25. The van der Waals surface area contributed by atoms with E-state index < -0.39 is 0 Å². The quantitative estimate of drug-likeness (QED) is 0.406. The molecular weight excluding hydrogens is 348 g/mol. The Bertz CT molecular complexity index is 821. The van der Waals surface area contributed by atoms with Crippen molar-refractivity contribution < 1.29 is 14.3 Å². The van der Waals surface area contributed by atoms with E-state index in [9.17, 15) is 4.79 Å². The number of hydrogen-bond donors (Lipinski definition) is 0. The molecule has 0 radical (unpaired) electrons. The highest BCUT2D eigenvalue weighted by atomic mass is 16.5. The molecule has 2 aromatic rings. The van der Waals surface area contributed by atoms with Crippen LogP contribution < -0.4 is 4.74 Å². The summed E-state index contributed by atoms with van der Waals surface area (Å²) in [7, 11) is 0. The summed E-state index contributed by atoms with van der Waals surface area (Å²) >= 11 is 0. The van der Waals surface area contributed by atoms with Crippen LogP contribution >= 0.6 is 0 Å². The van der Waals surface area contributed by atoms with E-state index in [0.717, 1.165) is 24.3 Å². The maximum Gasteiger partial charge on any atom is 0.330 e. The Hall–Kier alpha value is -2.55. The minimum atomic E-state index is -0.248. The van der Waals surface area contributed by atoms with Crippen LogP contribution in [-0.4, -0.2) is 12.1 Å². The molecule has 3 heteroatoms. The van der Waals surface area contributed by atoms with Crippen molar-refractivity contribution in [1.29, 1.82) is 0 Å². The van der Waals surface area contributed by atoms with Gasteiger partial charge in [-0.2, -0.15) is 0 Å². The first-order valence-corrected chi connectivity index (χ1v) is 10.1. The molecular formula is C25H30O3. The summed E-state index contributed by atoms with van der Waals surface area (Å²) in [5.74, 6) is 2.47. The molecule has 1 aliphatic carbocycles. The van der Waals surface area contributed by atoms with Crippen molar-refractivity contribution in [2.24, 2.45) is 17.3 Å². The molecule has 0 unspecified atom stereocenters. The summed E-state index contributed by atoms with van der Waals surface area (Å²) in [5, 5.41) is 0. The molecule has 2 atom stereocenters. The molecule has 0 aromatic heterocycles. The lowest BCUT2D eigenvalue weighted by Gasteiger charge is -2.08. The van der Waals surface area contributed by atoms with Crippen LogP contribution in [0.15, 0.2) is 66.7 Å². The monoisotopic (exact) mass is 378 g/mol. The molecule has 0 aliphatic heterocycles. The fourth-order valence-corrected chi connectivity index (χ4v) is 3.89. The lowest BCUT2D eigenvalue weighted by atomic mass is 10.0. The highest BCUT2D eigenvalue weighted by molar-refractivity contribution is 5.82. The van der Waals surface area contributed by atoms with Crippen molar-refractivity contribution in [2.45, 2.75) is 46.6 Å². The zero-order valence-corrected chi connectivity index (χ0v) is 17.2. The fourth-order valence-electron chi connectivity index (χ4n) is 3.89. The Kier molecular flexibility index (Phi) is 6.23. The number of aryl methyl sites for hydroxylation is 1. The van der Waals surface area contributed by atoms with E-state index in [-0.39, 0.29) is 17.5 Å². The van der Waals surface area contributed by atoms with Gasteiger partial charge in [0.2, 0.25) is 0 Å². The van der Waals surface area contributed by atoms with Gasteiger partial charge in [-0.25, -0.2) is 4.79 Å². The van der Waals surface area contributed by atoms with E-state index in [1.54, 1.807) is 6.08 Å². The van der Waals surface area contributed by atoms with Gasteiger partial charge < -0.3 is 9.47 Å². The summed E-state index contributed by atoms with van der Waals surface area (Å²) in [4.78, 5) is 11.7. The molecule has 2 aromatic carbocycles. The zero-order valence-electron chi connectivity index (χ0n) is 17.2. The summed E-state index contributed by atoms with van der Waals surface area (Å²) in [6, 6.07) is 18.1. The van der Waals surface area contributed by atoms with Crippen molar-refractivity contribution >= 4 is 5.97 Å². The minimum absolute atomic E-state index is 0.0782. The largest absolute Gasteiger partial charge is 0.460 e. The maximum absolute atomic E-state index is 11.7. The number of para-hydroxylation sites is 1. The van der Waals surface area contributed by atoms with Gasteiger partial charge in [0.1, 0.15) is 11.5 Å². The average Bonchev–Trinajstić information content (AvgIpc) is 3.18. The van der Waals surface area contributed by atoms with E-state index in [1.807, 2.05) is 62.4 Å². The van der Waals surface area contributed by atoms with Crippen molar-refractivity contribution in [3.05, 3.63) is 72.3 Å². The van der Waals surface area contributed by atoms with E-state index >= 15 is 0 Å². The summed E-state index contributed by atoms with van der Waals surface area (Å²) in [5.41, 5.74) is 1.50. The van der Waals surface area contributed by atoms with Gasteiger partial charge in [-0.05, 0) is 73.8 Å². The molecule has 1 fully saturated rings. The van der Waals surface area contributed by atoms with Crippen molar-refractivity contribution in [3.8, 4) is 11.5 Å². The van der Waals surface area contributed by atoms with Gasteiger partial charge in [0.05, 0.1) is 6.10 Å². The van der Waals surface area contributed by atoms with Gasteiger partial charge in [-0.3, -0.25) is 0 Å². The molecule has 0 N–H and O–H groups in total. The number of allylic oxidation sites excluding steroid dienone is 1. The van der Waals surface area contributed by atoms with E-state index in [4.69, 9.17) is 9.47 Å². The Labute approximate surface area is 168 Å². The van der Waals surface area contributed by atoms with Crippen LogP contribution in [0, 0.1) is 17.3 Å². The summed E-state index contributed by atoms with van der Waals surface area (Å²) < 4.78 is 11.1. The first-order valence-electron chi connectivity index (χ1n) is 10.1. The molecule has 1 aliphatic rings. The lowest BCUT2D eigenvalue weighted by molar-refractivity contribution is -0.141. The third-order valence-electron chi connectivity index (χ3n) is 5.55. The number of ether oxygens (including phenoxy) is 2. The normalized spacial score (nSPS) is 20.3. The first-order chi connectivity index (χ1) is 13.4. The molecule has 0 spiro atoms. The van der Waals surface area contributed by atoms with Crippen LogP contribution in [0.2, 0.25) is 0 Å². The van der Waals surface area contributed by atoms with Crippen LogP contribution in [0.25, 0.3) is 0 Å². The molecule has 0 bridgehead atoms. The molecule has 148 valence electrons. The van der Waals surface area contributed by atoms with Crippen molar-refractivity contribution in [1.82, 2.24) is 0 Å². The molecule has 0 saturated heterocycles. The summed E-state index contributed by atoms with van der Waals surface area (Å²) in [6.07, 6.45) is 5.65. The second-order valence-electron chi connectivity index (χ2n) is 8.40. The number of carbonyl (C=O) groups is 1. The number of carbonyl (C=O) groups excluding carboxylic acids is 1. The van der Waals surface area contributed by atoms with Gasteiger partial charge in [-0.15, -0.1) is 0 Å². The average molecular weight is 379 g/mol. The van der Waals surface area contributed by atoms with Crippen LogP contribution in [0.5, 0.6) is 11.5 Å². The molecule has 0 amide bonds. The van der Waals surface area contributed by atoms with Crippen LogP contribution in [0.4, 0.5) is 0 Å². The second kappa shape index (κ2) is 8.64. The number of rotatable bonds is 8. The number of esters is 1. The lowest BCUT2D eigenvalue weighted by Crippen LogP contribution is -2.08. The Balaban J connectivity index is 1.55. The highest BCUT2D eigenvalue weighted by Crippen LogP contribution is 2.61. The zero-order chi connectivity index (χ0) is 20.1. The predicted octanol–water partition coefficient (Wildman–Crippen LogP) is 6.19. The van der Waals surface area contributed by atoms with Crippen molar-refractivity contribution in [2.75, 3.05) is 0 Å². The predicted molar refractivity (Wildman–Crippen MR) is 112 cm³/mol. The summed E-state index contributed by atoms with van der Waals surface area (Å²) in [6.45, 7) is 8.28. The molecule has 3 rings (SSSR count). The SMILES string of the molecule is CC(C)OC(=O)/C=C\[C@@H]1[C@@H](CCc2cccc(Oc3ccccc3)c2)C1(C)C. The topological polar surface area (TPSA) is 35.5 Å². The van der Waals surface area contributed by atoms with E-state index in [0.29, 0.717) is 11.8 Å². The van der Waals surface area contributed by atoms with Crippen LogP contribution in [0.1, 0.15) is 39.7 Å². The third-order valence-corrected chi connectivity index (χ3v) is 5.55. The first kappa shape index (κ1) is 20.2. The molecule has 0 heterocycles. The van der Waals surface area contributed by atoms with Gasteiger partial charge in [0.25, 0.3) is 0 Å². The molecule has 28 heavy (non-hydrogen) atoms. The Morgan fingerprint density at radius 2 is 1.79 bits per heavy atom. The van der Waals surface area contributed by atoms with E-state index in [2.05, 4.69) is 26.0 Å². The van der Waals surface area contributed by atoms with Gasteiger partial charge in [0, 0.05) is 6.08 Å². The van der Waals surface area contributed by atoms with Gasteiger partial charge in [-0.1, -0.05) is 50.3 Å². The Morgan fingerprint density at radius 3 is 2.50 bits per heavy atom. The number of hydrogen-bond acceptors (Lipinski definition) is 3. The van der Waals surface area contributed by atoms with Gasteiger partial charge in [0.15, 0.2) is 0 Å². The Morgan fingerprint density at radius 1 is 1.07 bits per heavy atom.